The molecule has 31 heavy (non-hydrogen) atoms. The highest BCUT2D eigenvalue weighted by atomic mass is 16.2. The van der Waals surface area contributed by atoms with E-state index in [-0.39, 0.29) is 17.9 Å². The van der Waals surface area contributed by atoms with Gasteiger partial charge in [-0.15, -0.1) is 0 Å². The molecule has 1 saturated carbocycles. The van der Waals surface area contributed by atoms with Crippen molar-refractivity contribution < 1.29 is 9.59 Å². The van der Waals surface area contributed by atoms with Gasteiger partial charge in [-0.25, -0.2) is 0 Å². The van der Waals surface area contributed by atoms with Crippen LogP contribution in [-0.2, 0) is 22.6 Å². The Balaban J connectivity index is 1.80. The van der Waals surface area contributed by atoms with Crippen LogP contribution in [0.5, 0.6) is 0 Å². The average Bonchev–Trinajstić information content (AvgIpc) is 2.76. The van der Waals surface area contributed by atoms with E-state index in [1.54, 1.807) is 4.90 Å². The molecule has 3 rings (SSSR count). The van der Waals surface area contributed by atoms with Gasteiger partial charge >= 0.3 is 0 Å². The summed E-state index contributed by atoms with van der Waals surface area (Å²) in [4.78, 5) is 28.3. The van der Waals surface area contributed by atoms with E-state index in [1.807, 2.05) is 39.0 Å². The number of aryl methyl sites for hydroxylation is 3. The van der Waals surface area contributed by atoms with E-state index < -0.39 is 6.04 Å². The predicted octanol–water partition coefficient (Wildman–Crippen LogP) is 5.02. The Hall–Kier alpha value is -2.62. The second-order valence-corrected chi connectivity index (χ2v) is 9.07. The van der Waals surface area contributed by atoms with Crippen LogP contribution in [0.3, 0.4) is 0 Å². The maximum Gasteiger partial charge on any atom is 0.242 e. The van der Waals surface area contributed by atoms with Gasteiger partial charge in [0.15, 0.2) is 0 Å². The molecule has 0 radical (unpaired) electrons. The molecule has 0 bridgehead atoms. The first kappa shape index (κ1) is 23.1. The number of benzene rings is 2. The molecule has 2 aromatic carbocycles. The molecule has 4 heteroatoms. The second-order valence-electron chi connectivity index (χ2n) is 9.07. The van der Waals surface area contributed by atoms with Gasteiger partial charge in [-0.2, -0.15) is 0 Å². The van der Waals surface area contributed by atoms with E-state index in [0.29, 0.717) is 13.0 Å². The summed E-state index contributed by atoms with van der Waals surface area (Å²) in [6.45, 7) is 8.42. The Bertz CT molecular complexity index is 915. The van der Waals surface area contributed by atoms with Crippen LogP contribution in [-0.4, -0.2) is 28.8 Å². The Labute approximate surface area is 187 Å². The van der Waals surface area contributed by atoms with Crippen LogP contribution in [0.25, 0.3) is 0 Å². The lowest BCUT2D eigenvalue weighted by Crippen LogP contribution is -2.50. The summed E-state index contributed by atoms with van der Waals surface area (Å²) < 4.78 is 0. The van der Waals surface area contributed by atoms with Crippen molar-refractivity contribution in [1.82, 2.24) is 10.2 Å². The number of amides is 2. The van der Waals surface area contributed by atoms with Crippen LogP contribution in [0.2, 0.25) is 0 Å². The summed E-state index contributed by atoms with van der Waals surface area (Å²) in [7, 11) is 0. The van der Waals surface area contributed by atoms with Crippen molar-refractivity contribution in [2.24, 2.45) is 0 Å². The molecule has 0 spiro atoms. The number of nitrogens with zero attached hydrogens (tertiary/aromatic N) is 1. The number of rotatable bonds is 7. The van der Waals surface area contributed by atoms with Gasteiger partial charge < -0.3 is 10.2 Å². The van der Waals surface area contributed by atoms with Crippen molar-refractivity contribution in [2.75, 3.05) is 0 Å². The van der Waals surface area contributed by atoms with Crippen LogP contribution in [0, 0.1) is 20.8 Å². The van der Waals surface area contributed by atoms with Crippen molar-refractivity contribution in [3.63, 3.8) is 0 Å². The third-order valence-electron chi connectivity index (χ3n) is 6.57. The highest BCUT2D eigenvalue weighted by Gasteiger charge is 2.28. The smallest absolute Gasteiger partial charge is 0.242 e. The zero-order valence-electron chi connectivity index (χ0n) is 19.4. The van der Waals surface area contributed by atoms with Gasteiger partial charge in [-0.1, -0.05) is 67.3 Å². The first-order valence-electron chi connectivity index (χ1n) is 11.6. The normalized spacial score (nSPS) is 15.4. The fourth-order valence-electron chi connectivity index (χ4n) is 4.38. The molecular formula is C27H36N2O2. The van der Waals surface area contributed by atoms with Crippen LogP contribution in [0.15, 0.2) is 42.5 Å². The quantitative estimate of drug-likeness (QED) is 0.684. The Morgan fingerprint density at radius 1 is 0.968 bits per heavy atom. The van der Waals surface area contributed by atoms with Crippen molar-refractivity contribution in [1.29, 1.82) is 0 Å². The minimum atomic E-state index is -0.515. The summed E-state index contributed by atoms with van der Waals surface area (Å²) in [6.07, 6.45) is 5.95. The first-order chi connectivity index (χ1) is 14.8. The number of carbonyl (C=O) groups is 2. The lowest BCUT2D eigenvalue weighted by atomic mass is 9.95. The molecule has 1 atom stereocenters. The first-order valence-corrected chi connectivity index (χ1v) is 11.6. The van der Waals surface area contributed by atoms with Crippen LogP contribution < -0.4 is 5.32 Å². The van der Waals surface area contributed by atoms with Gasteiger partial charge in [0, 0.05) is 12.6 Å². The van der Waals surface area contributed by atoms with Gasteiger partial charge in [0.2, 0.25) is 11.8 Å². The van der Waals surface area contributed by atoms with Gasteiger partial charge in [0.1, 0.15) is 6.04 Å². The topological polar surface area (TPSA) is 49.4 Å². The molecule has 0 aromatic heterocycles. The van der Waals surface area contributed by atoms with Gasteiger partial charge in [0.25, 0.3) is 0 Å². The van der Waals surface area contributed by atoms with Crippen LogP contribution in [0.4, 0.5) is 0 Å². The molecule has 0 saturated heterocycles. The summed E-state index contributed by atoms with van der Waals surface area (Å²) in [6, 6.07) is 14.0. The third-order valence-corrected chi connectivity index (χ3v) is 6.57. The summed E-state index contributed by atoms with van der Waals surface area (Å²) >= 11 is 0. The third kappa shape index (κ3) is 6.19. The summed E-state index contributed by atoms with van der Waals surface area (Å²) in [5.41, 5.74) is 5.48. The van der Waals surface area contributed by atoms with Gasteiger partial charge in [-0.3, -0.25) is 9.59 Å². The van der Waals surface area contributed by atoms with E-state index >= 15 is 0 Å². The van der Waals surface area contributed by atoms with E-state index in [2.05, 4.69) is 36.5 Å². The minimum Gasteiger partial charge on any atom is -0.352 e. The number of hydrogen-bond donors (Lipinski definition) is 1. The summed E-state index contributed by atoms with van der Waals surface area (Å²) in [5, 5.41) is 3.21. The van der Waals surface area contributed by atoms with Gasteiger partial charge in [-0.05, 0) is 62.8 Å². The maximum absolute atomic E-state index is 13.5. The molecule has 1 aliphatic carbocycles. The zero-order valence-corrected chi connectivity index (χ0v) is 19.4. The SMILES string of the molecule is Cc1ccc(C)c(CC(=O)N(Cc2ccccc2C)C(C)C(=O)NC2CCCCC2)c1. The van der Waals surface area contributed by atoms with E-state index in [1.165, 1.54) is 6.42 Å². The molecule has 1 fully saturated rings. The number of hydrogen-bond acceptors (Lipinski definition) is 2. The standard InChI is InChI=1S/C27H36N2O2/c1-19-14-15-21(3)24(16-19)17-26(30)29(18-23-11-9-8-10-20(23)2)22(4)27(31)28-25-12-6-5-7-13-25/h8-11,14-16,22,25H,5-7,12-13,17-18H2,1-4H3,(H,28,31). The van der Waals surface area contributed by atoms with Crippen LogP contribution >= 0.6 is 0 Å². The van der Waals surface area contributed by atoms with Crippen LogP contribution in [0.1, 0.15) is 66.8 Å². The molecular weight excluding hydrogens is 384 g/mol. The summed E-state index contributed by atoms with van der Waals surface area (Å²) in [5.74, 6) is -0.0574. The molecule has 1 unspecified atom stereocenters. The van der Waals surface area contributed by atoms with E-state index in [4.69, 9.17) is 0 Å². The van der Waals surface area contributed by atoms with E-state index in [0.717, 1.165) is 53.5 Å². The molecule has 1 N–H and O–H groups in total. The molecule has 4 nitrogen and oxygen atoms in total. The fraction of sp³-hybridized carbons (Fsp3) is 0.481. The maximum atomic E-state index is 13.5. The van der Waals surface area contributed by atoms with Crippen molar-refractivity contribution in [3.8, 4) is 0 Å². The Morgan fingerprint density at radius 2 is 1.65 bits per heavy atom. The molecule has 2 aromatic rings. The monoisotopic (exact) mass is 420 g/mol. The molecule has 0 heterocycles. The zero-order chi connectivity index (χ0) is 22.4. The average molecular weight is 421 g/mol. The van der Waals surface area contributed by atoms with Crippen molar-refractivity contribution >= 4 is 11.8 Å². The lowest BCUT2D eigenvalue weighted by molar-refractivity contribution is -0.140. The molecule has 0 aliphatic heterocycles. The lowest BCUT2D eigenvalue weighted by Gasteiger charge is -2.32. The number of carbonyl (C=O) groups excluding carboxylic acids is 2. The minimum absolute atomic E-state index is 0.0109. The molecule has 2 amide bonds. The predicted molar refractivity (Wildman–Crippen MR) is 126 cm³/mol. The largest absolute Gasteiger partial charge is 0.352 e. The van der Waals surface area contributed by atoms with E-state index in [9.17, 15) is 9.59 Å². The Kier molecular flexibility index (Phi) is 7.89. The number of nitrogens with one attached hydrogen (secondary N) is 1. The fourth-order valence-corrected chi connectivity index (χ4v) is 4.38. The highest BCUT2D eigenvalue weighted by Crippen LogP contribution is 2.20. The molecule has 1 aliphatic rings. The molecule has 166 valence electrons. The van der Waals surface area contributed by atoms with Crippen molar-refractivity contribution in [3.05, 3.63) is 70.3 Å². The Morgan fingerprint density at radius 3 is 2.35 bits per heavy atom. The van der Waals surface area contributed by atoms with Crippen molar-refractivity contribution in [2.45, 2.75) is 84.8 Å². The highest BCUT2D eigenvalue weighted by molar-refractivity contribution is 5.88. The second kappa shape index (κ2) is 10.6. The van der Waals surface area contributed by atoms with Gasteiger partial charge in [0.05, 0.1) is 6.42 Å².